The van der Waals surface area contributed by atoms with E-state index in [1.54, 1.807) is 6.07 Å². The van der Waals surface area contributed by atoms with Crippen molar-refractivity contribution in [2.75, 3.05) is 5.73 Å². The molecule has 0 bridgehead atoms. The highest BCUT2D eigenvalue weighted by molar-refractivity contribution is 5.56. The van der Waals surface area contributed by atoms with E-state index in [1.807, 2.05) is 0 Å². The van der Waals surface area contributed by atoms with Gasteiger partial charge in [-0.2, -0.15) is 0 Å². The van der Waals surface area contributed by atoms with Crippen LogP contribution in [0.1, 0.15) is 0 Å². The van der Waals surface area contributed by atoms with Crippen LogP contribution < -0.4 is 11.3 Å². The third-order valence-electron chi connectivity index (χ3n) is 1.86. The molecule has 1 aromatic carbocycles. The third kappa shape index (κ3) is 2.01. The van der Waals surface area contributed by atoms with Gasteiger partial charge >= 0.3 is 0 Å². The van der Waals surface area contributed by atoms with Gasteiger partial charge in [0, 0.05) is 11.6 Å². The second-order valence-electron chi connectivity index (χ2n) is 3.03. The number of rotatable bonds is 1. The summed E-state index contributed by atoms with van der Waals surface area (Å²) in [4.78, 5) is 17.5. The molecule has 0 amide bonds. The molecule has 4 nitrogen and oxygen atoms in total. The van der Waals surface area contributed by atoms with Gasteiger partial charge < -0.3 is 10.7 Å². The van der Waals surface area contributed by atoms with E-state index in [0.717, 1.165) is 0 Å². The molecule has 0 radical (unpaired) electrons. The van der Waals surface area contributed by atoms with E-state index < -0.39 is 5.82 Å². The van der Waals surface area contributed by atoms with Crippen molar-refractivity contribution in [2.24, 2.45) is 0 Å². The Balaban J connectivity index is 2.59. The Labute approximate surface area is 84.6 Å². The number of nitrogens with one attached hydrogen (secondary N) is 1. The Morgan fingerprint density at radius 1 is 1.33 bits per heavy atom. The van der Waals surface area contributed by atoms with E-state index in [9.17, 15) is 9.18 Å². The minimum atomic E-state index is -0.391. The Hall–Kier alpha value is -2.17. The lowest BCUT2D eigenvalue weighted by atomic mass is 10.2. The number of hydrogen-bond acceptors (Lipinski definition) is 3. The van der Waals surface area contributed by atoms with Crippen LogP contribution >= 0.6 is 0 Å². The summed E-state index contributed by atoms with van der Waals surface area (Å²) in [6, 6.07) is 6.93. The second-order valence-corrected chi connectivity index (χ2v) is 3.03. The fourth-order valence-electron chi connectivity index (χ4n) is 1.25. The smallest absolute Gasteiger partial charge is 0.253 e. The fraction of sp³-hybridized carbons (Fsp3) is 0. The van der Waals surface area contributed by atoms with Crippen molar-refractivity contribution >= 4 is 5.82 Å². The molecule has 3 N–H and O–H groups in total. The summed E-state index contributed by atoms with van der Waals surface area (Å²) >= 11 is 0. The molecule has 0 atom stereocenters. The van der Waals surface area contributed by atoms with Gasteiger partial charge in [-0.15, -0.1) is 0 Å². The van der Waals surface area contributed by atoms with Crippen molar-refractivity contribution in [3.05, 3.63) is 46.5 Å². The molecule has 0 saturated carbocycles. The molecule has 15 heavy (non-hydrogen) atoms. The Morgan fingerprint density at radius 3 is 2.80 bits per heavy atom. The lowest BCUT2D eigenvalue weighted by Crippen LogP contribution is -2.09. The summed E-state index contributed by atoms with van der Waals surface area (Å²) in [5.41, 5.74) is 5.54. The molecule has 0 aliphatic rings. The number of nitrogens with two attached hydrogens (primary N) is 1. The summed E-state index contributed by atoms with van der Waals surface area (Å²) in [6.45, 7) is 0. The quantitative estimate of drug-likeness (QED) is 0.733. The first-order chi connectivity index (χ1) is 7.15. The summed E-state index contributed by atoms with van der Waals surface area (Å²) < 4.78 is 12.9. The second kappa shape index (κ2) is 3.53. The van der Waals surface area contributed by atoms with E-state index >= 15 is 0 Å². The van der Waals surface area contributed by atoms with Crippen molar-refractivity contribution in [1.29, 1.82) is 0 Å². The van der Waals surface area contributed by atoms with E-state index in [-0.39, 0.29) is 17.2 Å². The molecule has 0 unspecified atom stereocenters. The summed E-state index contributed by atoms with van der Waals surface area (Å²) in [6.07, 6.45) is 0. The maximum absolute atomic E-state index is 12.9. The summed E-state index contributed by atoms with van der Waals surface area (Å²) in [5.74, 6) is -0.0184. The van der Waals surface area contributed by atoms with Crippen LogP contribution in [0.3, 0.4) is 0 Å². The third-order valence-corrected chi connectivity index (χ3v) is 1.86. The number of nitrogens with zero attached hydrogens (tertiary/aromatic N) is 1. The van der Waals surface area contributed by atoms with Gasteiger partial charge in [-0.05, 0) is 12.1 Å². The zero-order chi connectivity index (χ0) is 10.8. The number of H-pyrrole nitrogens is 1. The Morgan fingerprint density at radius 2 is 2.13 bits per heavy atom. The predicted molar refractivity (Wildman–Crippen MR) is 54.7 cm³/mol. The van der Waals surface area contributed by atoms with Crippen LogP contribution in [0, 0.1) is 5.82 Å². The lowest BCUT2D eigenvalue weighted by Gasteiger charge is -2.01. The number of benzene rings is 1. The van der Waals surface area contributed by atoms with Gasteiger partial charge in [0.1, 0.15) is 17.5 Å². The molecule has 0 aliphatic carbocycles. The minimum Gasteiger partial charge on any atom is -0.383 e. The molecule has 2 rings (SSSR count). The van der Waals surface area contributed by atoms with Crippen molar-refractivity contribution in [3.63, 3.8) is 0 Å². The van der Waals surface area contributed by atoms with Crippen LogP contribution in [0.15, 0.2) is 35.1 Å². The van der Waals surface area contributed by atoms with Crippen LogP contribution in [0.25, 0.3) is 11.4 Å². The average Bonchev–Trinajstić information content (AvgIpc) is 2.16. The lowest BCUT2D eigenvalue weighted by molar-refractivity contribution is 0.628. The normalized spacial score (nSPS) is 10.2. The van der Waals surface area contributed by atoms with Crippen molar-refractivity contribution in [2.45, 2.75) is 0 Å². The molecule has 2 aromatic rings. The molecular formula is C10H8FN3O. The van der Waals surface area contributed by atoms with Crippen molar-refractivity contribution in [3.8, 4) is 11.4 Å². The molecule has 76 valence electrons. The average molecular weight is 205 g/mol. The van der Waals surface area contributed by atoms with Crippen LogP contribution in [-0.2, 0) is 0 Å². The van der Waals surface area contributed by atoms with E-state index in [0.29, 0.717) is 5.56 Å². The molecule has 1 aromatic heterocycles. The molecule has 1 heterocycles. The number of aromatic nitrogens is 2. The number of anilines is 1. The Kier molecular flexibility index (Phi) is 2.21. The van der Waals surface area contributed by atoms with Gasteiger partial charge in [-0.1, -0.05) is 12.1 Å². The van der Waals surface area contributed by atoms with Gasteiger partial charge in [0.2, 0.25) is 0 Å². The van der Waals surface area contributed by atoms with Crippen LogP contribution in [-0.4, -0.2) is 9.97 Å². The SMILES string of the molecule is Nc1cc(=O)[nH]c(-c2cccc(F)c2)n1. The van der Waals surface area contributed by atoms with Crippen molar-refractivity contribution < 1.29 is 4.39 Å². The molecule has 0 aliphatic heterocycles. The zero-order valence-corrected chi connectivity index (χ0v) is 7.70. The first-order valence-corrected chi connectivity index (χ1v) is 4.28. The number of aromatic amines is 1. The van der Waals surface area contributed by atoms with Crippen LogP contribution in [0.4, 0.5) is 10.2 Å². The van der Waals surface area contributed by atoms with E-state index in [2.05, 4.69) is 9.97 Å². The van der Waals surface area contributed by atoms with Gasteiger partial charge in [-0.3, -0.25) is 4.79 Å². The molecule has 0 saturated heterocycles. The number of hydrogen-bond donors (Lipinski definition) is 2. The van der Waals surface area contributed by atoms with E-state index in [1.165, 1.54) is 24.3 Å². The van der Waals surface area contributed by atoms with Gasteiger partial charge in [-0.25, -0.2) is 9.37 Å². The first kappa shape index (κ1) is 9.39. The van der Waals surface area contributed by atoms with Crippen LogP contribution in [0.2, 0.25) is 0 Å². The topological polar surface area (TPSA) is 71.8 Å². The highest BCUT2D eigenvalue weighted by Gasteiger charge is 2.02. The maximum atomic E-state index is 12.9. The molecule has 0 spiro atoms. The molecule has 0 fully saturated rings. The molecule has 5 heteroatoms. The van der Waals surface area contributed by atoms with Crippen molar-refractivity contribution in [1.82, 2.24) is 9.97 Å². The van der Waals surface area contributed by atoms with Gasteiger partial charge in [0.15, 0.2) is 0 Å². The largest absolute Gasteiger partial charge is 0.383 e. The Bertz CT molecular complexity index is 550. The highest BCUT2D eigenvalue weighted by atomic mass is 19.1. The minimum absolute atomic E-state index is 0.109. The highest BCUT2D eigenvalue weighted by Crippen LogP contribution is 2.14. The standard InChI is InChI=1S/C10H8FN3O/c11-7-3-1-2-6(4-7)10-13-8(12)5-9(15)14-10/h1-5H,(H3,12,13,14,15). The van der Waals surface area contributed by atoms with Gasteiger partial charge in [0.25, 0.3) is 5.56 Å². The predicted octanol–water partition coefficient (Wildman–Crippen LogP) is 1.16. The zero-order valence-electron chi connectivity index (χ0n) is 7.70. The summed E-state index contributed by atoms with van der Waals surface area (Å²) in [5, 5.41) is 0. The maximum Gasteiger partial charge on any atom is 0.253 e. The molecular weight excluding hydrogens is 197 g/mol. The monoisotopic (exact) mass is 205 g/mol. The number of nitrogen functional groups attached to an aromatic ring is 1. The fourth-order valence-corrected chi connectivity index (χ4v) is 1.25. The first-order valence-electron chi connectivity index (χ1n) is 4.28. The summed E-state index contributed by atoms with van der Waals surface area (Å²) in [7, 11) is 0. The van der Waals surface area contributed by atoms with E-state index in [4.69, 9.17) is 5.73 Å². The number of halogens is 1. The van der Waals surface area contributed by atoms with Crippen LogP contribution in [0.5, 0.6) is 0 Å². The van der Waals surface area contributed by atoms with Gasteiger partial charge in [0.05, 0.1) is 0 Å².